The van der Waals surface area contributed by atoms with Crippen LogP contribution in [0.25, 0.3) is 11.3 Å². The molecule has 0 unspecified atom stereocenters. The number of methoxy groups -OCH3 is 1. The van der Waals surface area contributed by atoms with E-state index in [1.54, 1.807) is 37.6 Å². The van der Waals surface area contributed by atoms with Gasteiger partial charge in [0.15, 0.2) is 10.9 Å². The lowest BCUT2D eigenvalue weighted by Gasteiger charge is -2.11. The fourth-order valence-electron chi connectivity index (χ4n) is 3.02. The first-order chi connectivity index (χ1) is 12.1. The summed E-state index contributed by atoms with van der Waals surface area (Å²) in [7, 11) is 5.25. The van der Waals surface area contributed by atoms with E-state index in [9.17, 15) is 4.79 Å². The number of hydrogen-bond acceptors (Lipinski definition) is 6. The smallest absolute Gasteiger partial charge is 0.295 e. The Labute approximate surface area is 148 Å². The second kappa shape index (κ2) is 6.12. The van der Waals surface area contributed by atoms with Gasteiger partial charge in [-0.25, -0.2) is 4.98 Å². The van der Waals surface area contributed by atoms with Gasteiger partial charge in [-0.3, -0.25) is 14.4 Å². The van der Waals surface area contributed by atoms with E-state index in [4.69, 9.17) is 14.1 Å². The molecule has 25 heavy (non-hydrogen) atoms. The molecule has 0 fully saturated rings. The lowest BCUT2D eigenvalue weighted by molar-refractivity contribution is 0.0957. The van der Waals surface area contributed by atoms with Crippen LogP contribution in [0.2, 0.25) is 0 Å². The quantitative estimate of drug-likeness (QED) is 0.717. The SMILES string of the molecule is COCc1ccc(C(=O)N(C)c2nc3c(s2)CCc2c-3cnn2C)o1. The average molecular weight is 358 g/mol. The molecule has 1 amide bonds. The number of aromatic nitrogens is 3. The first-order valence-corrected chi connectivity index (χ1v) is 8.76. The number of aryl methyl sites for hydroxylation is 2. The highest BCUT2D eigenvalue weighted by Gasteiger charge is 2.27. The van der Waals surface area contributed by atoms with E-state index in [1.807, 2.05) is 17.9 Å². The predicted molar refractivity (Wildman–Crippen MR) is 93.9 cm³/mol. The van der Waals surface area contributed by atoms with Gasteiger partial charge in [-0.15, -0.1) is 11.3 Å². The molecule has 0 atom stereocenters. The Kier molecular flexibility index (Phi) is 3.93. The molecule has 0 N–H and O–H groups in total. The number of amides is 1. The minimum Gasteiger partial charge on any atom is -0.453 e. The predicted octanol–water partition coefficient (Wildman–Crippen LogP) is 2.66. The third-order valence-electron chi connectivity index (χ3n) is 4.34. The topological polar surface area (TPSA) is 73.4 Å². The molecule has 0 bridgehead atoms. The van der Waals surface area contributed by atoms with Crippen LogP contribution in [-0.4, -0.2) is 34.8 Å². The van der Waals surface area contributed by atoms with Crippen LogP contribution < -0.4 is 4.90 Å². The van der Waals surface area contributed by atoms with Crippen LogP contribution in [0.1, 0.15) is 26.9 Å². The van der Waals surface area contributed by atoms with Gasteiger partial charge in [0.05, 0.1) is 11.9 Å². The van der Waals surface area contributed by atoms with Crippen molar-refractivity contribution in [3.8, 4) is 11.3 Å². The summed E-state index contributed by atoms with van der Waals surface area (Å²) in [5, 5.41) is 4.99. The van der Waals surface area contributed by atoms with E-state index in [0.717, 1.165) is 24.1 Å². The maximum atomic E-state index is 12.7. The van der Waals surface area contributed by atoms with Crippen LogP contribution in [-0.2, 0) is 31.2 Å². The molecule has 130 valence electrons. The molecule has 0 aromatic carbocycles. The molecule has 0 saturated heterocycles. The van der Waals surface area contributed by atoms with E-state index < -0.39 is 0 Å². The van der Waals surface area contributed by atoms with Crippen molar-refractivity contribution >= 4 is 22.4 Å². The van der Waals surface area contributed by atoms with Gasteiger partial charge in [0.2, 0.25) is 0 Å². The van der Waals surface area contributed by atoms with E-state index in [1.165, 1.54) is 15.5 Å². The van der Waals surface area contributed by atoms with Gasteiger partial charge in [0.1, 0.15) is 12.4 Å². The van der Waals surface area contributed by atoms with E-state index in [2.05, 4.69) is 5.10 Å². The Morgan fingerprint density at radius 3 is 3.08 bits per heavy atom. The number of thiazole rings is 1. The van der Waals surface area contributed by atoms with Crippen molar-refractivity contribution in [2.45, 2.75) is 19.4 Å². The second-order valence-corrected chi connectivity index (χ2v) is 7.02. The highest BCUT2D eigenvalue weighted by Crippen LogP contribution is 2.39. The molecule has 4 rings (SSSR count). The number of anilines is 1. The standard InChI is InChI=1S/C17H18N4O3S/c1-20(16(22)13-6-4-10(24-13)9-23-3)17-19-15-11-8-18-21(2)12(11)5-7-14(15)25-17/h4,6,8H,5,7,9H2,1-3H3. The van der Waals surface area contributed by atoms with Crippen molar-refractivity contribution in [3.63, 3.8) is 0 Å². The summed E-state index contributed by atoms with van der Waals surface area (Å²) in [6, 6.07) is 3.42. The molecular weight excluding hydrogens is 340 g/mol. The summed E-state index contributed by atoms with van der Waals surface area (Å²) in [5.74, 6) is 0.683. The Morgan fingerprint density at radius 2 is 2.28 bits per heavy atom. The normalized spacial score (nSPS) is 12.8. The molecule has 0 spiro atoms. The fourth-order valence-corrected chi connectivity index (χ4v) is 4.05. The third kappa shape index (κ3) is 2.67. The molecule has 0 radical (unpaired) electrons. The van der Waals surface area contributed by atoms with Gasteiger partial charge in [0.25, 0.3) is 5.91 Å². The maximum absolute atomic E-state index is 12.7. The number of furan rings is 1. The van der Waals surface area contributed by atoms with Gasteiger partial charge in [-0.2, -0.15) is 5.10 Å². The molecule has 3 aromatic rings. The van der Waals surface area contributed by atoms with Gasteiger partial charge < -0.3 is 9.15 Å². The van der Waals surface area contributed by atoms with Crippen LogP contribution in [0.4, 0.5) is 5.13 Å². The van der Waals surface area contributed by atoms with Crippen LogP contribution >= 0.6 is 11.3 Å². The van der Waals surface area contributed by atoms with E-state index in [-0.39, 0.29) is 11.7 Å². The summed E-state index contributed by atoms with van der Waals surface area (Å²) in [4.78, 5) is 20.1. The largest absolute Gasteiger partial charge is 0.453 e. The number of nitrogens with zero attached hydrogens (tertiary/aromatic N) is 4. The van der Waals surface area contributed by atoms with Crippen molar-refractivity contribution in [1.29, 1.82) is 0 Å². The summed E-state index contributed by atoms with van der Waals surface area (Å²) in [6.07, 6.45) is 3.71. The molecular formula is C17H18N4O3S. The van der Waals surface area contributed by atoms with Crippen molar-refractivity contribution in [2.24, 2.45) is 7.05 Å². The molecule has 7 nitrogen and oxygen atoms in total. The Hall–Kier alpha value is -2.45. The number of carbonyl (C=O) groups is 1. The molecule has 1 aliphatic rings. The lowest BCUT2D eigenvalue weighted by atomic mass is 10.0. The minimum atomic E-state index is -0.222. The molecule has 3 heterocycles. The van der Waals surface area contributed by atoms with Crippen LogP contribution in [0.3, 0.4) is 0 Å². The summed E-state index contributed by atoms with van der Waals surface area (Å²) in [5.41, 5.74) is 3.19. The zero-order valence-corrected chi connectivity index (χ0v) is 15.1. The van der Waals surface area contributed by atoms with E-state index >= 15 is 0 Å². The number of ether oxygens (including phenoxy) is 1. The summed E-state index contributed by atoms with van der Waals surface area (Å²) in [6.45, 7) is 0.340. The van der Waals surface area contributed by atoms with Crippen molar-refractivity contribution in [2.75, 3.05) is 19.1 Å². The zero-order valence-electron chi connectivity index (χ0n) is 14.3. The van der Waals surface area contributed by atoms with Crippen LogP contribution in [0.5, 0.6) is 0 Å². The van der Waals surface area contributed by atoms with Gasteiger partial charge in [-0.05, 0) is 25.0 Å². The second-order valence-electron chi connectivity index (χ2n) is 5.96. The molecule has 0 aliphatic heterocycles. The maximum Gasteiger partial charge on any atom is 0.295 e. The first-order valence-electron chi connectivity index (χ1n) is 7.95. The van der Waals surface area contributed by atoms with Crippen molar-refractivity contribution in [3.05, 3.63) is 40.4 Å². The average Bonchev–Trinajstić information content (AvgIpc) is 3.31. The number of hydrogen-bond donors (Lipinski definition) is 0. The number of carbonyl (C=O) groups excluding carboxylic acids is 1. The van der Waals surface area contributed by atoms with Gasteiger partial charge in [0, 0.05) is 37.3 Å². The number of fused-ring (bicyclic) bond motifs is 3. The van der Waals surface area contributed by atoms with Crippen LogP contribution in [0, 0.1) is 0 Å². The monoisotopic (exact) mass is 358 g/mol. The van der Waals surface area contributed by atoms with Gasteiger partial charge in [-0.1, -0.05) is 0 Å². The molecule has 0 saturated carbocycles. The van der Waals surface area contributed by atoms with E-state index in [0.29, 0.717) is 17.5 Å². The van der Waals surface area contributed by atoms with Gasteiger partial charge >= 0.3 is 0 Å². The van der Waals surface area contributed by atoms with Crippen LogP contribution in [0.15, 0.2) is 22.7 Å². The third-order valence-corrected chi connectivity index (χ3v) is 5.53. The molecule has 3 aromatic heterocycles. The summed E-state index contributed by atoms with van der Waals surface area (Å²) >= 11 is 1.55. The zero-order chi connectivity index (χ0) is 17.6. The Bertz CT molecular complexity index is 940. The number of rotatable bonds is 4. The highest BCUT2D eigenvalue weighted by molar-refractivity contribution is 7.16. The molecule has 8 heteroatoms. The van der Waals surface area contributed by atoms with Crippen molar-refractivity contribution in [1.82, 2.24) is 14.8 Å². The summed E-state index contributed by atoms with van der Waals surface area (Å²) < 4.78 is 12.5. The van der Waals surface area contributed by atoms with Crippen molar-refractivity contribution < 1.29 is 13.9 Å². The lowest BCUT2D eigenvalue weighted by Crippen LogP contribution is -2.25. The Balaban J connectivity index is 1.62. The fraction of sp³-hybridized carbons (Fsp3) is 0.353. The minimum absolute atomic E-state index is 0.222. The first kappa shape index (κ1) is 16.0. The highest BCUT2D eigenvalue weighted by atomic mass is 32.1. The molecule has 1 aliphatic carbocycles. The Morgan fingerprint density at radius 1 is 1.44 bits per heavy atom.